The molecule has 2 atom stereocenters. The molecule has 1 aliphatic carbocycles. The Labute approximate surface area is 223 Å². The van der Waals surface area contributed by atoms with E-state index in [-0.39, 0.29) is 12.3 Å². The van der Waals surface area contributed by atoms with Gasteiger partial charge in [0.15, 0.2) is 19.0 Å². The molecule has 2 aromatic rings. The van der Waals surface area contributed by atoms with E-state index in [0.29, 0.717) is 6.54 Å². The molecule has 1 fully saturated rings. The molecule has 37 heavy (non-hydrogen) atoms. The maximum Gasteiger partial charge on any atom is 0.310 e. The summed E-state index contributed by atoms with van der Waals surface area (Å²) in [5.74, 6) is -0.706. The molecular formula is C30H33ClN3O3+. The lowest BCUT2D eigenvalue weighted by molar-refractivity contribution is -0.551. The molecule has 0 spiro atoms. The summed E-state index contributed by atoms with van der Waals surface area (Å²) in [6, 6.07) is 9.86. The van der Waals surface area contributed by atoms with E-state index >= 15 is 0 Å². The molecule has 0 amide bonds. The van der Waals surface area contributed by atoms with Crippen LogP contribution in [0.4, 0.5) is 0 Å². The number of piperidine rings is 1. The number of rotatable bonds is 6. The molecule has 6 nitrogen and oxygen atoms in total. The number of carboxylic acids is 1. The highest BCUT2D eigenvalue weighted by Gasteiger charge is 2.31. The molecular weight excluding hydrogens is 486 g/mol. The smallest absolute Gasteiger partial charge is 0.310 e. The van der Waals surface area contributed by atoms with Crippen molar-refractivity contribution in [1.29, 1.82) is 0 Å². The van der Waals surface area contributed by atoms with E-state index < -0.39 is 12.0 Å². The van der Waals surface area contributed by atoms with Gasteiger partial charge in [0.25, 0.3) is 0 Å². The third kappa shape index (κ3) is 5.76. The number of aryl methyl sites for hydroxylation is 2. The van der Waals surface area contributed by atoms with Crippen LogP contribution in [-0.4, -0.2) is 70.3 Å². The van der Waals surface area contributed by atoms with Crippen LogP contribution in [0.2, 0.25) is 5.02 Å². The summed E-state index contributed by atoms with van der Waals surface area (Å²) in [5.41, 5.74) is 8.78. The molecule has 1 N–H and O–H groups in total. The second-order valence-corrected chi connectivity index (χ2v) is 10.8. The summed E-state index contributed by atoms with van der Waals surface area (Å²) in [7, 11) is 0. The Hall–Kier alpha value is -3.09. The van der Waals surface area contributed by atoms with Gasteiger partial charge in [0.2, 0.25) is 6.04 Å². The van der Waals surface area contributed by atoms with E-state index in [9.17, 15) is 14.7 Å². The molecule has 0 saturated carbocycles. The lowest BCUT2D eigenvalue weighted by Gasteiger charge is -2.32. The molecule has 1 saturated heterocycles. The van der Waals surface area contributed by atoms with Crippen LogP contribution < -0.4 is 0 Å². The SMILES string of the molecule is CC1=CC(CN2CCC(=C3c4ccc(Cl)cc4CCc4cccnc43)CC2)C[N+](C(C=O)CC(=O)O)=C1. The highest BCUT2D eigenvalue weighted by atomic mass is 35.5. The average molecular weight is 519 g/mol. The molecule has 7 heteroatoms. The van der Waals surface area contributed by atoms with Gasteiger partial charge in [-0.05, 0) is 67.5 Å². The van der Waals surface area contributed by atoms with Gasteiger partial charge < -0.3 is 10.0 Å². The molecule has 1 aromatic carbocycles. The molecule has 2 unspecified atom stereocenters. The third-order valence-electron chi connectivity index (χ3n) is 7.71. The van der Waals surface area contributed by atoms with Gasteiger partial charge in [-0.3, -0.25) is 14.6 Å². The maximum absolute atomic E-state index is 11.6. The highest BCUT2D eigenvalue weighted by molar-refractivity contribution is 6.30. The first-order valence-corrected chi connectivity index (χ1v) is 13.4. The van der Waals surface area contributed by atoms with Crippen molar-refractivity contribution in [3.05, 3.63) is 81.2 Å². The number of aromatic nitrogens is 1. The van der Waals surface area contributed by atoms with E-state index in [1.54, 1.807) is 0 Å². The van der Waals surface area contributed by atoms with Gasteiger partial charge in [-0.2, -0.15) is 0 Å². The van der Waals surface area contributed by atoms with Gasteiger partial charge in [0.1, 0.15) is 6.42 Å². The predicted octanol–water partition coefficient (Wildman–Crippen LogP) is 4.43. The lowest BCUT2D eigenvalue weighted by atomic mass is 9.88. The topological polar surface area (TPSA) is 73.5 Å². The minimum atomic E-state index is -0.954. The van der Waals surface area contributed by atoms with Crippen LogP contribution in [0.25, 0.3) is 5.57 Å². The number of halogens is 1. The van der Waals surface area contributed by atoms with Crippen molar-refractivity contribution in [2.24, 2.45) is 5.92 Å². The van der Waals surface area contributed by atoms with E-state index in [4.69, 9.17) is 16.6 Å². The number of hydrogen-bond donors (Lipinski definition) is 1. The molecule has 192 valence electrons. The van der Waals surface area contributed by atoms with Gasteiger partial charge in [0, 0.05) is 47.9 Å². The number of carbonyl (C=O) groups excluding carboxylic acids is 1. The van der Waals surface area contributed by atoms with Crippen molar-refractivity contribution in [2.45, 2.75) is 45.1 Å². The Balaban J connectivity index is 1.34. The Kier molecular flexibility index (Phi) is 7.68. The van der Waals surface area contributed by atoms with Crippen molar-refractivity contribution >= 4 is 35.6 Å². The number of likely N-dealkylation sites (tertiary alicyclic amines) is 1. The quantitative estimate of drug-likeness (QED) is 0.452. The zero-order valence-electron chi connectivity index (χ0n) is 21.2. The second-order valence-electron chi connectivity index (χ2n) is 10.4. The Bertz CT molecular complexity index is 1300. The first-order valence-electron chi connectivity index (χ1n) is 13.0. The van der Waals surface area contributed by atoms with Crippen molar-refractivity contribution < 1.29 is 19.3 Å². The van der Waals surface area contributed by atoms with E-state index in [1.165, 1.54) is 27.8 Å². The van der Waals surface area contributed by atoms with E-state index in [1.807, 2.05) is 36.0 Å². The number of allylic oxidation sites excluding steroid dienone is 1. The minimum absolute atomic E-state index is 0.178. The number of pyridine rings is 1. The highest BCUT2D eigenvalue weighted by Crippen LogP contribution is 2.38. The van der Waals surface area contributed by atoms with Crippen LogP contribution in [0.3, 0.4) is 0 Å². The number of fused-ring (bicyclic) bond motifs is 2. The normalized spacial score (nSPS) is 20.8. The number of hydrogen-bond acceptors (Lipinski definition) is 4. The van der Waals surface area contributed by atoms with Crippen molar-refractivity contribution in [1.82, 2.24) is 9.88 Å². The molecule has 5 rings (SSSR count). The van der Waals surface area contributed by atoms with Crippen molar-refractivity contribution in [2.75, 3.05) is 26.2 Å². The molecule has 0 bridgehead atoms. The zero-order chi connectivity index (χ0) is 25.9. The standard InChI is InChI=1S/C30H32ClN3O3/c1-20-13-21(18-34(16-20)26(19-35)15-28(36)37)17-33-11-8-22(9-12-33)29-27-7-6-25(31)14-24(27)5-4-23-3-2-10-32-30(23)29/h2-3,6-7,10,13-14,16,19,21,26H,4-5,8-9,11-12,15,17-18H2,1H3/p+1. The molecule has 0 radical (unpaired) electrons. The van der Waals surface area contributed by atoms with Crippen LogP contribution >= 0.6 is 11.6 Å². The Morgan fingerprint density at radius 3 is 2.76 bits per heavy atom. The van der Waals surface area contributed by atoms with E-state index in [0.717, 1.165) is 67.9 Å². The first kappa shape index (κ1) is 25.6. The van der Waals surface area contributed by atoms with Crippen LogP contribution in [0.15, 0.2) is 53.8 Å². The molecule has 1 aromatic heterocycles. The number of benzene rings is 1. The Morgan fingerprint density at radius 1 is 1.22 bits per heavy atom. The summed E-state index contributed by atoms with van der Waals surface area (Å²) in [6.45, 7) is 5.49. The summed E-state index contributed by atoms with van der Waals surface area (Å²) in [4.78, 5) is 30.1. The second kappa shape index (κ2) is 11.1. The number of aldehydes is 1. The van der Waals surface area contributed by atoms with E-state index in [2.05, 4.69) is 29.2 Å². The zero-order valence-corrected chi connectivity index (χ0v) is 22.0. The maximum atomic E-state index is 11.6. The molecule has 3 aliphatic rings. The average Bonchev–Trinajstić information content (AvgIpc) is 3.04. The van der Waals surface area contributed by atoms with Gasteiger partial charge in [0.05, 0.1) is 5.69 Å². The number of nitrogens with zero attached hydrogens (tertiary/aromatic N) is 3. The third-order valence-corrected chi connectivity index (χ3v) is 7.95. The van der Waals surface area contributed by atoms with Crippen LogP contribution in [0.5, 0.6) is 0 Å². The lowest BCUT2D eigenvalue weighted by Crippen LogP contribution is -2.42. The molecule has 3 heterocycles. The number of carbonyl (C=O) groups is 2. The van der Waals surface area contributed by atoms with Crippen molar-refractivity contribution in [3.8, 4) is 0 Å². The number of aliphatic carboxylic acids is 1. The molecule has 2 aliphatic heterocycles. The van der Waals surface area contributed by atoms with Gasteiger partial charge in [-0.25, -0.2) is 4.58 Å². The van der Waals surface area contributed by atoms with Crippen LogP contribution in [0, 0.1) is 5.92 Å². The van der Waals surface area contributed by atoms with Crippen molar-refractivity contribution in [3.63, 3.8) is 0 Å². The number of carboxylic acid groups (broad SMARTS) is 1. The monoisotopic (exact) mass is 518 g/mol. The fourth-order valence-electron chi connectivity index (χ4n) is 6.04. The van der Waals surface area contributed by atoms with Gasteiger partial charge in [-0.15, -0.1) is 0 Å². The fraction of sp³-hybridized carbons (Fsp3) is 0.400. The van der Waals surface area contributed by atoms with Gasteiger partial charge >= 0.3 is 5.97 Å². The Morgan fingerprint density at radius 2 is 2.00 bits per heavy atom. The van der Waals surface area contributed by atoms with Gasteiger partial charge in [-0.1, -0.05) is 35.4 Å². The largest absolute Gasteiger partial charge is 0.481 e. The predicted molar refractivity (Wildman–Crippen MR) is 145 cm³/mol. The van der Waals surface area contributed by atoms with Crippen LogP contribution in [0.1, 0.15) is 48.6 Å². The fourth-order valence-corrected chi connectivity index (χ4v) is 6.23. The first-order chi connectivity index (χ1) is 17.9. The summed E-state index contributed by atoms with van der Waals surface area (Å²) >= 11 is 6.36. The summed E-state index contributed by atoms with van der Waals surface area (Å²) in [6.07, 6.45) is 10.5. The summed E-state index contributed by atoms with van der Waals surface area (Å²) < 4.78 is 1.90. The van der Waals surface area contributed by atoms with Crippen LogP contribution in [-0.2, 0) is 22.4 Å². The minimum Gasteiger partial charge on any atom is -0.481 e. The summed E-state index contributed by atoms with van der Waals surface area (Å²) in [5, 5.41) is 9.96.